The number of aromatic nitrogens is 2. The normalized spacial score (nSPS) is 12.6. The van der Waals surface area contributed by atoms with Crippen LogP contribution in [0.1, 0.15) is 36.3 Å². The Kier molecular flexibility index (Phi) is 6.25. The molecule has 0 aliphatic heterocycles. The molecule has 0 bridgehead atoms. The largest absolute Gasteiger partial charge is 0.310 e. The van der Waals surface area contributed by atoms with Gasteiger partial charge < -0.3 is 5.32 Å². The summed E-state index contributed by atoms with van der Waals surface area (Å²) in [6, 6.07) is 8.89. The summed E-state index contributed by atoms with van der Waals surface area (Å²) in [5, 5.41) is 8.17. The zero-order valence-electron chi connectivity index (χ0n) is 12.7. The van der Waals surface area contributed by atoms with E-state index >= 15 is 0 Å². The van der Waals surface area contributed by atoms with Gasteiger partial charge in [0.25, 0.3) is 0 Å². The zero-order chi connectivity index (χ0) is 15.4. The first-order valence-corrected chi connectivity index (χ1v) is 9.07. The lowest BCUT2D eigenvalue weighted by atomic mass is 10.0. The molecule has 0 amide bonds. The predicted octanol–water partition coefficient (Wildman–Crippen LogP) is 4.38. The highest BCUT2D eigenvalue weighted by Crippen LogP contribution is 2.28. The molecule has 0 saturated carbocycles. The van der Waals surface area contributed by atoms with Crippen LogP contribution in [0.2, 0.25) is 0 Å². The molecule has 2 rings (SSSR count). The third kappa shape index (κ3) is 4.07. The SMILES string of the molecule is CCCNC(Cc1c(Br)c(C)nn1C)c1ccccc1I. The van der Waals surface area contributed by atoms with E-state index in [9.17, 15) is 0 Å². The topological polar surface area (TPSA) is 29.9 Å². The highest BCUT2D eigenvalue weighted by Gasteiger charge is 2.19. The molecule has 114 valence electrons. The highest BCUT2D eigenvalue weighted by molar-refractivity contribution is 14.1. The van der Waals surface area contributed by atoms with E-state index < -0.39 is 0 Å². The zero-order valence-corrected chi connectivity index (χ0v) is 16.4. The number of rotatable bonds is 6. The summed E-state index contributed by atoms with van der Waals surface area (Å²) >= 11 is 6.09. The number of hydrogen-bond acceptors (Lipinski definition) is 2. The Morgan fingerprint density at radius 2 is 2.10 bits per heavy atom. The molecule has 0 aliphatic carbocycles. The lowest BCUT2D eigenvalue weighted by Crippen LogP contribution is -2.25. The summed E-state index contributed by atoms with van der Waals surface area (Å²) in [6.45, 7) is 5.25. The average molecular weight is 462 g/mol. The molecule has 1 aromatic heterocycles. The maximum absolute atomic E-state index is 4.50. The van der Waals surface area contributed by atoms with E-state index in [0.29, 0.717) is 6.04 Å². The molecule has 0 saturated heterocycles. The van der Waals surface area contributed by atoms with E-state index in [0.717, 1.165) is 29.6 Å². The third-order valence-corrected chi connectivity index (χ3v) is 5.59. The van der Waals surface area contributed by atoms with Crippen molar-refractivity contribution in [2.24, 2.45) is 7.05 Å². The Labute approximate surface area is 148 Å². The van der Waals surface area contributed by atoms with Crippen molar-refractivity contribution in [3.8, 4) is 0 Å². The van der Waals surface area contributed by atoms with Crippen molar-refractivity contribution in [3.05, 3.63) is 49.3 Å². The summed E-state index contributed by atoms with van der Waals surface area (Å²) in [4.78, 5) is 0. The molecule has 1 aromatic carbocycles. The average Bonchev–Trinajstić information content (AvgIpc) is 2.70. The van der Waals surface area contributed by atoms with Gasteiger partial charge in [0.1, 0.15) is 0 Å². The van der Waals surface area contributed by atoms with Gasteiger partial charge in [-0.05, 0) is 70.0 Å². The molecule has 1 heterocycles. The van der Waals surface area contributed by atoms with E-state index in [1.54, 1.807) is 0 Å². The van der Waals surface area contributed by atoms with Gasteiger partial charge in [0, 0.05) is 23.1 Å². The fraction of sp³-hybridized carbons (Fsp3) is 0.438. The van der Waals surface area contributed by atoms with Gasteiger partial charge in [0.15, 0.2) is 0 Å². The van der Waals surface area contributed by atoms with Gasteiger partial charge in [-0.1, -0.05) is 25.1 Å². The van der Waals surface area contributed by atoms with E-state index in [1.807, 2.05) is 18.7 Å². The summed E-state index contributed by atoms with van der Waals surface area (Å²) < 4.78 is 4.41. The first-order valence-electron chi connectivity index (χ1n) is 7.20. The van der Waals surface area contributed by atoms with Gasteiger partial charge >= 0.3 is 0 Å². The van der Waals surface area contributed by atoms with Crippen molar-refractivity contribution in [3.63, 3.8) is 0 Å². The number of aryl methyl sites for hydroxylation is 2. The van der Waals surface area contributed by atoms with Crippen LogP contribution in [0.5, 0.6) is 0 Å². The van der Waals surface area contributed by atoms with Crippen LogP contribution in [0.4, 0.5) is 0 Å². The molecular formula is C16H21BrIN3. The van der Waals surface area contributed by atoms with Gasteiger partial charge in [-0.15, -0.1) is 0 Å². The molecule has 0 spiro atoms. The van der Waals surface area contributed by atoms with Gasteiger partial charge in [-0.2, -0.15) is 5.10 Å². The third-order valence-electron chi connectivity index (χ3n) is 3.58. The molecule has 0 radical (unpaired) electrons. The number of nitrogens with zero attached hydrogens (tertiary/aromatic N) is 2. The maximum atomic E-state index is 4.50. The molecule has 1 N–H and O–H groups in total. The molecule has 1 atom stereocenters. The van der Waals surface area contributed by atoms with Crippen LogP contribution in [0.3, 0.4) is 0 Å². The Bertz CT molecular complexity index is 610. The molecular weight excluding hydrogens is 441 g/mol. The lowest BCUT2D eigenvalue weighted by molar-refractivity contribution is 0.510. The van der Waals surface area contributed by atoms with Gasteiger partial charge in [-0.25, -0.2) is 0 Å². The first kappa shape index (κ1) is 17.0. The summed E-state index contributed by atoms with van der Waals surface area (Å²) in [7, 11) is 2.01. The molecule has 0 fully saturated rings. The van der Waals surface area contributed by atoms with Crippen LogP contribution in [0, 0.1) is 10.5 Å². The van der Waals surface area contributed by atoms with Crippen molar-refractivity contribution in [1.82, 2.24) is 15.1 Å². The second kappa shape index (κ2) is 7.74. The van der Waals surface area contributed by atoms with Crippen LogP contribution in [0.25, 0.3) is 0 Å². The van der Waals surface area contributed by atoms with Crippen molar-refractivity contribution < 1.29 is 0 Å². The summed E-state index contributed by atoms with van der Waals surface area (Å²) in [5.41, 5.74) is 3.64. The van der Waals surface area contributed by atoms with Crippen LogP contribution < -0.4 is 5.32 Å². The standard InChI is InChI=1S/C16H21BrIN3/c1-4-9-19-14(12-7-5-6-8-13(12)18)10-15-16(17)11(2)20-21(15)3/h5-8,14,19H,4,9-10H2,1-3H3. The Morgan fingerprint density at radius 3 is 2.67 bits per heavy atom. The van der Waals surface area contributed by atoms with E-state index in [-0.39, 0.29) is 0 Å². The highest BCUT2D eigenvalue weighted by atomic mass is 127. The number of halogens is 2. The fourth-order valence-electron chi connectivity index (χ4n) is 2.46. The Morgan fingerprint density at radius 1 is 1.38 bits per heavy atom. The monoisotopic (exact) mass is 461 g/mol. The minimum atomic E-state index is 0.309. The van der Waals surface area contributed by atoms with Crippen LogP contribution >= 0.6 is 38.5 Å². The molecule has 3 nitrogen and oxygen atoms in total. The number of hydrogen-bond donors (Lipinski definition) is 1. The number of nitrogens with one attached hydrogen (secondary N) is 1. The van der Waals surface area contributed by atoms with Crippen molar-refractivity contribution >= 4 is 38.5 Å². The molecule has 1 unspecified atom stereocenters. The smallest absolute Gasteiger partial charge is 0.0738 e. The van der Waals surface area contributed by atoms with Crippen molar-refractivity contribution in [1.29, 1.82) is 0 Å². The van der Waals surface area contributed by atoms with Crippen LogP contribution in [-0.2, 0) is 13.5 Å². The van der Waals surface area contributed by atoms with E-state index in [4.69, 9.17) is 0 Å². The molecule has 2 aromatic rings. The minimum absolute atomic E-state index is 0.309. The van der Waals surface area contributed by atoms with Crippen LogP contribution in [0.15, 0.2) is 28.7 Å². The second-order valence-corrected chi connectivity index (χ2v) is 7.16. The van der Waals surface area contributed by atoms with Gasteiger partial charge in [0.05, 0.1) is 15.9 Å². The molecule has 5 heteroatoms. The summed E-state index contributed by atoms with van der Waals surface area (Å²) in [6.07, 6.45) is 2.06. The molecule has 0 aliphatic rings. The van der Waals surface area contributed by atoms with Gasteiger partial charge in [0.2, 0.25) is 0 Å². The van der Waals surface area contributed by atoms with Crippen molar-refractivity contribution in [2.45, 2.75) is 32.7 Å². The van der Waals surface area contributed by atoms with Crippen molar-refractivity contribution in [2.75, 3.05) is 6.54 Å². The maximum Gasteiger partial charge on any atom is 0.0738 e. The quantitative estimate of drug-likeness (QED) is 0.647. The minimum Gasteiger partial charge on any atom is -0.310 e. The van der Waals surface area contributed by atoms with Gasteiger partial charge in [-0.3, -0.25) is 4.68 Å². The summed E-state index contributed by atoms with van der Waals surface area (Å²) in [5.74, 6) is 0. The fourth-order valence-corrected chi connectivity index (χ4v) is 3.72. The van der Waals surface area contributed by atoms with Crippen LogP contribution in [-0.4, -0.2) is 16.3 Å². The Balaban J connectivity index is 2.31. The lowest BCUT2D eigenvalue weighted by Gasteiger charge is -2.21. The first-order chi connectivity index (χ1) is 10.0. The molecule has 21 heavy (non-hydrogen) atoms. The Hall–Kier alpha value is -0.400. The van der Waals surface area contributed by atoms with E-state index in [2.05, 4.69) is 80.1 Å². The van der Waals surface area contributed by atoms with E-state index in [1.165, 1.54) is 14.8 Å². The second-order valence-electron chi connectivity index (χ2n) is 5.20. The number of benzene rings is 1. The predicted molar refractivity (Wildman–Crippen MR) is 99.5 cm³/mol.